The summed E-state index contributed by atoms with van der Waals surface area (Å²) >= 11 is 0. The molecule has 10 heteroatoms. The molecule has 0 saturated heterocycles. The minimum absolute atomic E-state index is 0.0600. The van der Waals surface area contributed by atoms with Gasteiger partial charge in [0.2, 0.25) is 0 Å². The maximum absolute atomic E-state index is 11.9. The molecule has 1 aliphatic carbocycles. The summed E-state index contributed by atoms with van der Waals surface area (Å²) in [4.78, 5) is 32.9. The van der Waals surface area contributed by atoms with E-state index in [1.165, 1.54) is 0 Å². The van der Waals surface area contributed by atoms with Crippen molar-refractivity contribution >= 4 is 12.3 Å². The van der Waals surface area contributed by atoms with Crippen LogP contribution < -0.4 is 11.8 Å². The molecular weight excluding hydrogens is 372 g/mol. The highest BCUT2D eigenvalue weighted by Gasteiger charge is 2.24. The van der Waals surface area contributed by atoms with E-state index in [1.54, 1.807) is 0 Å². The molecule has 2 unspecified atom stereocenters. The van der Waals surface area contributed by atoms with E-state index in [9.17, 15) is 9.59 Å². The third-order valence-corrected chi connectivity index (χ3v) is 4.67. The first-order valence-electron chi connectivity index (χ1n) is 9.90. The molecular formula is C18H34N2O8. The zero-order valence-corrected chi connectivity index (χ0v) is 16.8. The van der Waals surface area contributed by atoms with Crippen LogP contribution >= 0.6 is 0 Å². The quantitative estimate of drug-likeness (QED) is 0.411. The van der Waals surface area contributed by atoms with E-state index in [-0.39, 0.29) is 31.5 Å². The van der Waals surface area contributed by atoms with E-state index in [1.807, 2.05) is 13.8 Å². The molecule has 1 rings (SSSR count). The Morgan fingerprint density at radius 1 is 0.857 bits per heavy atom. The predicted octanol–water partition coefficient (Wildman–Crippen LogP) is 2.72. The molecule has 0 aromatic rings. The Morgan fingerprint density at radius 2 is 1.39 bits per heavy atom. The van der Waals surface area contributed by atoms with Crippen molar-refractivity contribution in [2.45, 2.75) is 89.6 Å². The summed E-state index contributed by atoms with van der Waals surface area (Å²) in [6.45, 7) is 3.93. The highest BCUT2D eigenvalue weighted by atomic mass is 16.7. The normalized spacial score (nSPS) is 22.3. The summed E-state index contributed by atoms with van der Waals surface area (Å²) in [7, 11) is 0. The van der Waals surface area contributed by atoms with E-state index in [0.717, 1.165) is 12.8 Å². The lowest BCUT2D eigenvalue weighted by Crippen LogP contribution is -2.29. The molecule has 1 saturated carbocycles. The Hall–Kier alpha value is -1.62. The van der Waals surface area contributed by atoms with Gasteiger partial charge >= 0.3 is 12.3 Å². The van der Waals surface area contributed by atoms with Crippen LogP contribution in [-0.2, 0) is 28.6 Å². The number of carbonyl (C=O) groups excluding carboxylic acids is 2. The summed E-state index contributed by atoms with van der Waals surface area (Å²) < 4.78 is 21.0. The molecule has 0 spiro atoms. The lowest BCUT2D eigenvalue weighted by molar-refractivity contribution is -0.0426. The van der Waals surface area contributed by atoms with Crippen LogP contribution in [0.1, 0.15) is 65.2 Å². The molecule has 1 fully saturated rings. The topological polar surface area (TPSA) is 142 Å². The molecule has 0 aromatic carbocycles. The summed E-state index contributed by atoms with van der Waals surface area (Å²) in [5, 5.41) is 0. The Labute approximate surface area is 166 Å². The van der Waals surface area contributed by atoms with Crippen LogP contribution in [0, 0.1) is 0 Å². The molecule has 2 atom stereocenters. The largest absolute Gasteiger partial charge is 0.508 e. The fourth-order valence-electron chi connectivity index (χ4n) is 2.90. The van der Waals surface area contributed by atoms with E-state index < -0.39 is 18.4 Å². The van der Waals surface area contributed by atoms with Gasteiger partial charge in [-0.1, -0.05) is 13.8 Å². The van der Waals surface area contributed by atoms with Crippen molar-refractivity contribution < 1.29 is 38.2 Å². The number of hydrogen-bond donors (Lipinski definition) is 2. The van der Waals surface area contributed by atoms with E-state index in [2.05, 4.69) is 9.68 Å². The average Bonchev–Trinajstić information content (AvgIpc) is 2.66. The second-order valence-corrected chi connectivity index (χ2v) is 6.80. The molecule has 164 valence electrons. The maximum atomic E-state index is 11.9. The lowest BCUT2D eigenvalue weighted by Gasteiger charge is -2.25. The molecule has 0 aliphatic heterocycles. The van der Waals surface area contributed by atoms with Crippen molar-refractivity contribution in [3.63, 3.8) is 0 Å². The summed E-state index contributed by atoms with van der Waals surface area (Å²) in [6.07, 6.45) is 2.79. The Bertz CT molecular complexity index is 437. The fourth-order valence-corrected chi connectivity index (χ4v) is 2.90. The van der Waals surface area contributed by atoms with Gasteiger partial charge in [0.1, 0.15) is 37.6 Å². The number of ether oxygens (including phenoxy) is 4. The van der Waals surface area contributed by atoms with Gasteiger partial charge in [0.05, 0.1) is 0 Å². The summed E-state index contributed by atoms with van der Waals surface area (Å²) in [5.41, 5.74) is 0. The molecule has 0 aromatic heterocycles. The van der Waals surface area contributed by atoms with Gasteiger partial charge in [-0.15, -0.1) is 0 Å². The second kappa shape index (κ2) is 14.4. The molecule has 0 radical (unpaired) electrons. The van der Waals surface area contributed by atoms with Gasteiger partial charge in [0, 0.05) is 0 Å². The van der Waals surface area contributed by atoms with Crippen molar-refractivity contribution in [3.8, 4) is 0 Å². The standard InChI is InChI=1S/C18H34N2O8/c1-3-13(12-24-19)25-18(22)27-16-9-5-7-15(8-6-10-16)26-17(21)23-11-14(4-2)28-20/h13-16H,3-12,19-20H2,1-2H3. The summed E-state index contributed by atoms with van der Waals surface area (Å²) in [5.74, 6) is 10.1. The Balaban J connectivity index is 2.30. The first-order chi connectivity index (χ1) is 13.5. The first-order valence-corrected chi connectivity index (χ1v) is 9.90. The molecule has 0 heterocycles. The van der Waals surface area contributed by atoms with Crippen LogP contribution in [0.4, 0.5) is 9.59 Å². The third-order valence-electron chi connectivity index (χ3n) is 4.67. The lowest BCUT2D eigenvalue weighted by atomic mass is 9.96. The van der Waals surface area contributed by atoms with Gasteiger partial charge in [0.15, 0.2) is 0 Å². The van der Waals surface area contributed by atoms with Gasteiger partial charge in [0.25, 0.3) is 0 Å². The van der Waals surface area contributed by atoms with Crippen molar-refractivity contribution in [1.82, 2.24) is 0 Å². The maximum Gasteiger partial charge on any atom is 0.508 e. The SMILES string of the molecule is CCC(COC(=O)OC1CCCC(OC(=O)OC(CC)CON)CCC1)ON. The Morgan fingerprint density at radius 3 is 1.86 bits per heavy atom. The monoisotopic (exact) mass is 406 g/mol. The number of rotatable bonds is 10. The third kappa shape index (κ3) is 10.1. The smallest absolute Gasteiger partial charge is 0.431 e. The van der Waals surface area contributed by atoms with Crippen LogP contribution in [0.15, 0.2) is 0 Å². The first kappa shape index (κ1) is 24.4. The number of hydrogen-bond acceptors (Lipinski definition) is 10. The van der Waals surface area contributed by atoms with Gasteiger partial charge in [-0.3, -0.25) is 4.84 Å². The van der Waals surface area contributed by atoms with Gasteiger partial charge in [-0.05, 0) is 51.4 Å². The van der Waals surface area contributed by atoms with E-state index in [4.69, 9.17) is 30.7 Å². The van der Waals surface area contributed by atoms with E-state index in [0.29, 0.717) is 38.5 Å². The second-order valence-electron chi connectivity index (χ2n) is 6.80. The van der Waals surface area contributed by atoms with Gasteiger partial charge in [-0.25, -0.2) is 21.4 Å². The minimum atomic E-state index is -0.717. The van der Waals surface area contributed by atoms with Crippen molar-refractivity contribution in [3.05, 3.63) is 0 Å². The van der Waals surface area contributed by atoms with Crippen LogP contribution in [0.3, 0.4) is 0 Å². The summed E-state index contributed by atoms with van der Waals surface area (Å²) in [6, 6.07) is 0. The molecule has 1 aliphatic rings. The molecule has 0 bridgehead atoms. The van der Waals surface area contributed by atoms with Crippen LogP contribution in [0.2, 0.25) is 0 Å². The van der Waals surface area contributed by atoms with Gasteiger partial charge in [-0.2, -0.15) is 0 Å². The predicted molar refractivity (Wildman–Crippen MR) is 98.8 cm³/mol. The highest BCUT2D eigenvalue weighted by molar-refractivity contribution is 5.60. The fraction of sp³-hybridized carbons (Fsp3) is 0.889. The minimum Gasteiger partial charge on any atom is -0.431 e. The molecule has 10 nitrogen and oxygen atoms in total. The molecule has 0 amide bonds. The Kier molecular flexibility index (Phi) is 12.5. The van der Waals surface area contributed by atoms with Crippen LogP contribution in [0.25, 0.3) is 0 Å². The molecule has 28 heavy (non-hydrogen) atoms. The van der Waals surface area contributed by atoms with E-state index >= 15 is 0 Å². The van der Waals surface area contributed by atoms with Gasteiger partial charge < -0.3 is 23.8 Å². The van der Waals surface area contributed by atoms with Crippen LogP contribution in [-0.4, -0.2) is 49.9 Å². The zero-order valence-electron chi connectivity index (χ0n) is 16.8. The zero-order chi connectivity index (χ0) is 20.8. The molecule has 4 N–H and O–H groups in total. The van der Waals surface area contributed by atoms with Crippen molar-refractivity contribution in [2.24, 2.45) is 11.8 Å². The number of carbonyl (C=O) groups is 2. The highest BCUT2D eigenvalue weighted by Crippen LogP contribution is 2.23. The van der Waals surface area contributed by atoms with Crippen molar-refractivity contribution in [2.75, 3.05) is 13.2 Å². The average molecular weight is 406 g/mol. The van der Waals surface area contributed by atoms with Crippen LogP contribution in [0.5, 0.6) is 0 Å². The van der Waals surface area contributed by atoms with Crippen molar-refractivity contribution in [1.29, 1.82) is 0 Å². The number of nitrogens with two attached hydrogens (primary N) is 2.